The Balaban J connectivity index is 1.74. The molecule has 0 radical (unpaired) electrons. The zero-order chi connectivity index (χ0) is 27.5. The van der Waals surface area contributed by atoms with E-state index in [0.29, 0.717) is 85.2 Å². The van der Waals surface area contributed by atoms with Gasteiger partial charge in [0, 0.05) is 44.3 Å². The molecule has 0 aliphatic rings. The predicted molar refractivity (Wildman–Crippen MR) is 150 cm³/mol. The maximum atomic E-state index is 11.8. The SMILES string of the molecule is CC(=O)CCCCCNC(=O)CCOCCOCCOCCOCCNC(=O)CCSSc1ccccn1. The lowest BCUT2D eigenvalue weighted by molar-refractivity contribution is -0.122. The van der Waals surface area contributed by atoms with Crippen molar-refractivity contribution in [2.45, 2.75) is 50.5 Å². The Morgan fingerprint density at radius 2 is 1.37 bits per heavy atom. The van der Waals surface area contributed by atoms with E-state index in [0.717, 1.165) is 30.0 Å². The van der Waals surface area contributed by atoms with E-state index < -0.39 is 0 Å². The maximum absolute atomic E-state index is 11.8. The number of amides is 2. The Hall–Kier alpha value is -1.70. The molecule has 1 aromatic heterocycles. The van der Waals surface area contributed by atoms with Gasteiger partial charge in [-0.1, -0.05) is 23.3 Å². The molecule has 0 fully saturated rings. The minimum Gasteiger partial charge on any atom is -0.379 e. The molecule has 0 aliphatic carbocycles. The Bertz CT molecular complexity index is 745. The van der Waals surface area contributed by atoms with Crippen molar-refractivity contribution in [1.82, 2.24) is 15.6 Å². The molecular weight excluding hydrogens is 530 g/mol. The normalized spacial score (nSPS) is 10.9. The fourth-order valence-electron chi connectivity index (χ4n) is 2.90. The number of hydrogen-bond donors (Lipinski definition) is 2. The number of carbonyl (C=O) groups excluding carboxylic acids is 3. The van der Waals surface area contributed by atoms with Crippen molar-refractivity contribution >= 4 is 39.2 Å². The molecule has 0 bridgehead atoms. The smallest absolute Gasteiger partial charge is 0.222 e. The Morgan fingerprint density at radius 3 is 2.03 bits per heavy atom. The zero-order valence-electron chi connectivity index (χ0n) is 22.5. The topological polar surface area (TPSA) is 125 Å². The highest BCUT2D eigenvalue weighted by Gasteiger charge is 2.03. The molecule has 10 nitrogen and oxygen atoms in total. The van der Waals surface area contributed by atoms with Crippen molar-refractivity contribution in [2.24, 2.45) is 0 Å². The highest BCUT2D eigenvalue weighted by atomic mass is 33.1. The quantitative estimate of drug-likeness (QED) is 0.126. The molecule has 0 spiro atoms. The van der Waals surface area contributed by atoms with E-state index in [1.807, 2.05) is 18.2 Å². The van der Waals surface area contributed by atoms with E-state index in [-0.39, 0.29) is 17.6 Å². The van der Waals surface area contributed by atoms with Crippen molar-refractivity contribution in [3.8, 4) is 0 Å². The van der Waals surface area contributed by atoms with Crippen molar-refractivity contribution < 1.29 is 33.3 Å². The molecular formula is C26H43N3O7S2. The van der Waals surface area contributed by atoms with Gasteiger partial charge in [-0.2, -0.15) is 0 Å². The number of aromatic nitrogens is 1. The first kappa shape index (κ1) is 34.3. The molecule has 38 heavy (non-hydrogen) atoms. The number of ether oxygens (including phenoxy) is 4. The van der Waals surface area contributed by atoms with E-state index in [1.54, 1.807) is 34.7 Å². The lowest BCUT2D eigenvalue weighted by Crippen LogP contribution is -2.27. The van der Waals surface area contributed by atoms with Crippen LogP contribution in [0.5, 0.6) is 0 Å². The van der Waals surface area contributed by atoms with Crippen LogP contribution in [0.25, 0.3) is 0 Å². The van der Waals surface area contributed by atoms with Crippen LogP contribution in [-0.2, 0) is 33.3 Å². The summed E-state index contributed by atoms with van der Waals surface area (Å²) < 4.78 is 21.7. The number of nitrogens with zero attached hydrogens (tertiary/aromatic N) is 1. The molecule has 1 heterocycles. The largest absolute Gasteiger partial charge is 0.379 e. The van der Waals surface area contributed by atoms with Crippen molar-refractivity contribution in [2.75, 3.05) is 71.7 Å². The van der Waals surface area contributed by atoms with Gasteiger partial charge in [-0.25, -0.2) is 4.98 Å². The molecule has 1 rings (SSSR count). The maximum Gasteiger partial charge on any atom is 0.222 e. The monoisotopic (exact) mass is 573 g/mol. The summed E-state index contributed by atoms with van der Waals surface area (Å²) in [5, 5.41) is 6.63. The molecule has 0 saturated heterocycles. The van der Waals surface area contributed by atoms with Crippen LogP contribution in [0.15, 0.2) is 29.4 Å². The van der Waals surface area contributed by atoms with Crippen molar-refractivity contribution in [3.05, 3.63) is 24.4 Å². The van der Waals surface area contributed by atoms with Gasteiger partial charge in [0.15, 0.2) is 0 Å². The van der Waals surface area contributed by atoms with Gasteiger partial charge in [0.05, 0.1) is 52.9 Å². The van der Waals surface area contributed by atoms with Gasteiger partial charge in [0.25, 0.3) is 0 Å². The van der Waals surface area contributed by atoms with Gasteiger partial charge in [0.1, 0.15) is 10.8 Å². The number of ketones is 1. The zero-order valence-corrected chi connectivity index (χ0v) is 24.1. The molecule has 0 aliphatic heterocycles. The van der Waals surface area contributed by atoms with E-state index in [1.165, 1.54) is 0 Å². The molecule has 0 unspecified atom stereocenters. The Morgan fingerprint density at radius 1 is 0.737 bits per heavy atom. The summed E-state index contributed by atoms with van der Waals surface area (Å²) in [5.41, 5.74) is 0. The second-order valence-electron chi connectivity index (χ2n) is 8.24. The van der Waals surface area contributed by atoms with Gasteiger partial charge >= 0.3 is 0 Å². The Labute approximate surface area is 234 Å². The minimum absolute atomic E-state index is 0.0111. The van der Waals surface area contributed by atoms with E-state index >= 15 is 0 Å². The summed E-state index contributed by atoms with van der Waals surface area (Å²) in [6.45, 7) is 6.21. The molecule has 216 valence electrons. The van der Waals surface area contributed by atoms with Crippen LogP contribution in [0.1, 0.15) is 45.4 Å². The summed E-state index contributed by atoms with van der Waals surface area (Å²) in [7, 11) is 3.18. The fourth-order valence-corrected chi connectivity index (χ4v) is 4.77. The second kappa shape index (κ2) is 25.6. The highest BCUT2D eigenvalue weighted by Crippen LogP contribution is 2.29. The highest BCUT2D eigenvalue weighted by molar-refractivity contribution is 8.76. The summed E-state index contributed by atoms with van der Waals surface area (Å²) in [4.78, 5) is 38.6. The number of pyridine rings is 1. The molecule has 0 saturated carbocycles. The molecule has 12 heteroatoms. The number of nitrogens with one attached hydrogen (secondary N) is 2. The summed E-state index contributed by atoms with van der Waals surface area (Å²) >= 11 is 0. The summed E-state index contributed by atoms with van der Waals surface area (Å²) in [5.74, 6) is 0.915. The standard InChI is InChI=1S/C26H43N3O7S2/c1-23(30)7-3-2-5-11-27-24(31)9-14-33-16-18-35-20-21-36-19-17-34-15-13-28-25(32)10-22-37-38-26-8-4-6-12-29-26/h4,6,8,12H,2-3,5,7,9-11,13-22H2,1H3,(H,27,31)(H,28,32). The fraction of sp³-hybridized carbons (Fsp3) is 0.692. The average molecular weight is 574 g/mol. The van der Waals surface area contributed by atoms with Crippen LogP contribution < -0.4 is 10.6 Å². The lowest BCUT2D eigenvalue weighted by atomic mass is 10.1. The average Bonchev–Trinajstić information content (AvgIpc) is 2.91. The molecule has 2 amide bonds. The first-order valence-corrected chi connectivity index (χ1v) is 15.4. The Kier molecular flexibility index (Phi) is 23.1. The first-order chi connectivity index (χ1) is 18.6. The number of unbranched alkanes of at least 4 members (excludes halogenated alkanes) is 2. The van der Waals surface area contributed by atoms with E-state index in [4.69, 9.17) is 18.9 Å². The summed E-state index contributed by atoms with van der Waals surface area (Å²) in [6.07, 6.45) is 5.85. The van der Waals surface area contributed by atoms with Gasteiger partial charge in [-0.15, -0.1) is 0 Å². The third-order valence-corrected chi connectivity index (χ3v) is 7.15. The van der Waals surface area contributed by atoms with Gasteiger partial charge in [0.2, 0.25) is 11.8 Å². The van der Waals surface area contributed by atoms with Crippen LogP contribution in [0.2, 0.25) is 0 Å². The lowest BCUT2D eigenvalue weighted by Gasteiger charge is -2.08. The molecule has 0 aromatic carbocycles. The van der Waals surface area contributed by atoms with Crippen LogP contribution in [-0.4, -0.2) is 94.3 Å². The number of carbonyl (C=O) groups is 3. The molecule has 1 aromatic rings. The number of hydrogen-bond acceptors (Lipinski definition) is 10. The van der Waals surface area contributed by atoms with Crippen LogP contribution in [0.3, 0.4) is 0 Å². The van der Waals surface area contributed by atoms with Crippen LogP contribution in [0.4, 0.5) is 0 Å². The number of Topliss-reactive ketones (excluding diaryl/α,β-unsaturated/α-hetero) is 1. The minimum atomic E-state index is -0.0266. The second-order valence-corrected chi connectivity index (χ2v) is 10.7. The van der Waals surface area contributed by atoms with Gasteiger partial charge in [-0.05, 0) is 42.7 Å². The van der Waals surface area contributed by atoms with E-state index in [9.17, 15) is 14.4 Å². The first-order valence-electron chi connectivity index (χ1n) is 13.1. The molecule has 0 atom stereocenters. The third kappa shape index (κ3) is 23.4. The molecule has 2 N–H and O–H groups in total. The van der Waals surface area contributed by atoms with Crippen LogP contribution >= 0.6 is 21.6 Å². The van der Waals surface area contributed by atoms with Gasteiger partial charge < -0.3 is 34.4 Å². The van der Waals surface area contributed by atoms with Crippen molar-refractivity contribution in [3.63, 3.8) is 0 Å². The van der Waals surface area contributed by atoms with E-state index in [2.05, 4.69) is 15.6 Å². The summed E-state index contributed by atoms with van der Waals surface area (Å²) in [6, 6.07) is 5.76. The van der Waals surface area contributed by atoms with Crippen molar-refractivity contribution in [1.29, 1.82) is 0 Å². The third-order valence-electron chi connectivity index (χ3n) is 4.88. The van der Waals surface area contributed by atoms with Crippen LogP contribution in [0, 0.1) is 0 Å². The predicted octanol–water partition coefficient (Wildman–Crippen LogP) is 3.05. The van der Waals surface area contributed by atoms with Gasteiger partial charge in [-0.3, -0.25) is 9.59 Å². The number of rotatable bonds is 26.